The van der Waals surface area contributed by atoms with Crippen LogP contribution in [-0.4, -0.2) is 28.2 Å². The standard InChI is InChI=1S/C11H10Br2N4OS/c1-6-15-16-11(19)17(6)14-5-7-3-8(12)4-9(13)10(7)18-2/h3-5H,1-2H3,(H,16,19)/b14-5-. The Morgan fingerprint density at radius 1 is 1.47 bits per heavy atom. The quantitative estimate of drug-likeness (QED) is 0.626. The summed E-state index contributed by atoms with van der Waals surface area (Å²) in [6.07, 6.45) is 1.67. The molecule has 0 aliphatic rings. The number of hydrogen-bond donors (Lipinski definition) is 1. The van der Waals surface area contributed by atoms with Crippen LogP contribution in [0.1, 0.15) is 11.4 Å². The summed E-state index contributed by atoms with van der Waals surface area (Å²) in [5.41, 5.74) is 0.825. The van der Waals surface area contributed by atoms with Crippen LogP contribution in [0.3, 0.4) is 0 Å². The number of aryl methyl sites for hydroxylation is 1. The minimum atomic E-state index is 0.446. The number of nitrogens with one attached hydrogen (secondary N) is 1. The molecule has 0 spiro atoms. The van der Waals surface area contributed by atoms with Gasteiger partial charge in [0.1, 0.15) is 11.6 Å². The Morgan fingerprint density at radius 2 is 2.21 bits per heavy atom. The van der Waals surface area contributed by atoms with E-state index < -0.39 is 0 Å². The Kier molecular flexibility index (Phi) is 4.54. The fourth-order valence-corrected chi connectivity index (χ4v) is 3.16. The molecule has 0 fully saturated rings. The Labute approximate surface area is 131 Å². The Hall–Kier alpha value is -0.990. The molecule has 0 saturated heterocycles. The van der Waals surface area contributed by atoms with Crippen LogP contribution in [0.4, 0.5) is 0 Å². The van der Waals surface area contributed by atoms with E-state index in [1.807, 2.05) is 19.1 Å². The maximum absolute atomic E-state index is 5.34. The van der Waals surface area contributed by atoms with E-state index in [9.17, 15) is 0 Å². The lowest BCUT2D eigenvalue weighted by molar-refractivity contribution is 0.411. The first-order valence-electron chi connectivity index (χ1n) is 5.24. The predicted molar refractivity (Wildman–Crippen MR) is 83.5 cm³/mol. The second-order valence-corrected chi connectivity index (χ2v) is 5.80. The molecule has 0 bridgehead atoms. The van der Waals surface area contributed by atoms with Crippen LogP contribution in [0.5, 0.6) is 5.75 Å². The molecule has 100 valence electrons. The van der Waals surface area contributed by atoms with Crippen LogP contribution in [0, 0.1) is 11.7 Å². The molecule has 0 unspecified atom stereocenters. The number of halogens is 2. The summed E-state index contributed by atoms with van der Waals surface area (Å²) >= 11 is 12.0. The van der Waals surface area contributed by atoms with Crippen molar-refractivity contribution in [2.24, 2.45) is 5.10 Å². The third kappa shape index (κ3) is 3.13. The lowest BCUT2D eigenvalue weighted by Crippen LogP contribution is -1.97. The highest BCUT2D eigenvalue weighted by Crippen LogP contribution is 2.31. The molecule has 2 aromatic rings. The Balaban J connectivity index is 2.46. The summed E-state index contributed by atoms with van der Waals surface area (Å²) in [6, 6.07) is 3.82. The number of aromatic amines is 1. The molecule has 5 nitrogen and oxygen atoms in total. The van der Waals surface area contributed by atoms with Gasteiger partial charge in [0.25, 0.3) is 0 Å². The molecule has 2 rings (SSSR count). The van der Waals surface area contributed by atoms with Crippen LogP contribution >= 0.6 is 44.1 Å². The number of H-pyrrole nitrogens is 1. The van der Waals surface area contributed by atoms with Gasteiger partial charge in [-0.1, -0.05) is 15.9 Å². The fraction of sp³-hybridized carbons (Fsp3) is 0.182. The van der Waals surface area contributed by atoms with Crippen molar-refractivity contribution in [1.29, 1.82) is 0 Å². The van der Waals surface area contributed by atoms with Crippen LogP contribution < -0.4 is 4.74 Å². The van der Waals surface area contributed by atoms with Crippen molar-refractivity contribution in [3.8, 4) is 5.75 Å². The third-order valence-electron chi connectivity index (χ3n) is 2.37. The van der Waals surface area contributed by atoms with E-state index in [1.54, 1.807) is 18.0 Å². The normalized spacial score (nSPS) is 11.2. The second-order valence-electron chi connectivity index (χ2n) is 3.64. The Bertz CT molecular complexity index is 692. The van der Waals surface area contributed by atoms with Crippen molar-refractivity contribution < 1.29 is 4.74 Å². The molecule has 19 heavy (non-hydrogen) atoms. The molecule has 0 aliphatic carbocycles. The zero-order valence-electron chi connectivity index (χ0n) is 10.1. The zero-order valence-corrected chi connectivity index (χ0v) is 14.1. The molecule has 0 atom stereocenters. The average Bonchev–Trinajstić information content (AvgIpc) is 2.66. The molecule has 1 N–H and O–H groups in total. The zero-order chi connectivity index (χ0) is 14.0. The van der Waals surface area contributed by atoms with E-state index in [4.69, 9.17) is 17.0 Å². The van der Waals surface area contributed by atoms with Gasteiger partial charge in [0.15, 0.2) is 0 Å². The molecular formula is C11H10Br2N4OS. The van der Waals surface area contributed by atoms with Crippen LogP contribution in [-0.2, 0) is 0 Å². The topological polar surface area (TPSA) is 55.2 Å². The van der Waals surface area contributed by atoms with Gasteiger partial charge in [-0.05, 0) is 47.2 Å². The number of methoxy groups -OCH3 is 1. The molecular weight excluding hydrogens is 396 g/mol. The fourth-order valence-electron chi connectivity index (χ4n) is 1.52. The van der Waals surface area contributed by atoms with Gasteiger partial charge in [0, 0.05) is 10.0 Å². The first-order chi connectivity index (χ1) is 9.02. The summed E-state index contributed by atoms with van der Waals surface area (Å²) < 4.78 is 9.11. The highest BCUT2D eigenvalue weighted by Gasteiger charge is 2.08. The summed E-state index contributed by atoms with van der Waals surface area (Å²) in [7, 11) is 1.61. The summed E-state index contributed by atoms with van der Waals surface area (Å²) in [5.74, 6) is 1.40. The van der Waals surface area contributed by atoms with Crippen molar-refractivity contribution in [1.82, 2.24) is 14.9 Å². The van der Waals surface area contributed by atoms with Crippen LogP contribution in [0.2, 0.25) is 0 Å². The average molecular weight is 406 g/mol. The smallest absolute Gasteiger partial charge is 0.216 e. The molecule has 0 amide bonds. The second kappa shape index (κ2) is 5.98. The van der Waals surface area contributed by atoms with Gasteiger partial charge in [0.2, 0.25) is 4.77 Å². The summed E-state index contributed by atoms with van der Waals surface area (Å²) in [5, 5.41) is 11.0. The number of benzene rings is 1. The van der Waals surface area contributed by atoms with Gasteiger partial charge in [0.05, 0.1) is 17.8 Å². The van der Waals surface area contributed by atoms with E-state index in [-0.39, 0.29) is 0 Å². The molecule has 0 aliphatic heterocycles. The van der Waals surface area contributed by atoms with Crippen molar-refractivity contribution in [2.75, 3.05) is 7.11 Å². The number of ether oxygens (including phenoxy) is 1. The maximum atomic E-state index is 5.34. The number of aromatic nitrogens is 3. The molecule has 0 saturated carbocycles. The van der Waals surface area contributed by atoms with E-state index in [1.165, 1.54) is 0 Å². The summed E-state index contributed by atoms with van der Waals surface area (Å²) in [6.45, 7) is 1.82. The predicted octanol–water partition coefficient (Wildman–Crippen LogP) is 3.66. The minimum absolute atomic E-state index is 0.446. The van der Waals surface area contributed by atoms with E-state index in [0.29, 0.717) is 16.3 Å². The van der Waals surface area contributed by atoms with Crippen LogP contribution in [0.15, 0.2) is 26.2 Å². The summed E-state index contributed by atoms with van der Waals surface area (Å²) in [4.78, 5) is 0. The van der Waals surface area contributed by atoms with Crippen molar-refractivity contribution in [3.05, 3.63) is 37.2 Å². The van der Waals surface area contributed by atoms with Gasteiger partial charge >= 0.3 is 0 Å². The maximum Gasteiger partial charge on any atom is 0.216 e. The highest BCUT2D eigenvalue weighted by atomic mass is 79.9. The van der Waals surface area contributed by atoms with Gasteiger partial charge in [-0.25, -0.2) is 0 Å². The lowest BCUT2D eigenvalue weighted by Gasteiger charge is -2.07. The number of nitrogens with zero attached hydrogens (tertiary/aromatic N) is 3. The molecule has 1 heterocycles. The minimum Gasteiger partial charge on any atom is -0.495 e. The largest absolute Gasteiger partial charge is 0.495 e. The SMILES string of the molecule is COc1c(Br)cc(Br)cc1/C=N\n1c(C)n[nH]c1=S. The van der Waals surface area contributed by atoms with Gasteiger partial charge in [-0.15, -0.1) is 0 Å². The van der Waals surface area contributed by atoms with Crippen LogP contribution in [0.25, 0.3) is 0 Å². The van der Waals surface area contributed by atoms with E-state index in [0.717, 1.165) is 14.5 Å². The highest BCUT2D eigenvalue weighted by molar-refractivity contribution is 9.11. The molecule has 1 aromatic heterocycles. The van der Waals surface area contributed by atoms with Crippen molar-refractivity contribution in [3.63, 3.8) is 0 Å². The number of hydrogen-bond acceptors (Lipinski definition) is 4. The van der Waals surface area contributed by atoms with Crippen molar-refractivity contribution >= 4 is 50.3 Å². The molecule has 0 radical (unpaired) electrons. The third-order valence-corrected chi connectivity index (χ3v) is 3.68. The molecule has 1 aromatic carbocycles. The van der Waals surface area contributed by atoms with Crippen molar-refractivity contribution in [2.45, 2.75) is 6.92 Å². The van der Waals surface area contributed by atoms with Gasteiger partial charge in [-0.3, -0.25) is 5.10 Å². The van der Waals surface area contributed by atoms with E-state index in [2.05, 4.69) is 47.2 Å². The van der Waals surface area contributed by atoms with Gasteiger partial charge in [-0.2, -0.15) is 14.9 Å². The Morgan fingerprint density at radius 3 is 2.79 bits per heavy atom. The lowest BCUT2D eigenvalue weighted by atomic mass is 10.2. The van der Waals surface area contributed by atoms with Gasteiger partial charge < -0.3 is 4.74 Å². The molecule has 8 heteroatoms. The van der Waals surface area contributed by atoms with E-state index >= 15 is 0 Å². The first-order valence-corrected chi connectivity index (χ1v) is 7.23. The number of rotatable bonds is 3. The first kappa shape index (κ1) is 14.4. The monoisotopic (exact) mass is 404 g/mol.